The van der Waals surface area contributed by atoms with Crippen LogP contribution in [0.1, 0.15) is 86.5 Å². The Morgan fingerprint density at radius 2 is 1.58 bits per heavy atom. The third-order valence-electron chi connectivity index (χ3n) is 5.36. The molecule has 0 spiro atoms. The summed E-state index contributed by atoms with van der Waals surface area (Å²) in [5.74, 6) is 1.22. The fraction of sp³-hybridized carbons (Fsp3) is 0.947. The highest BCUT2D eigenvalue weighted by Gasteiger charge is 2.40. The number of hydrogen-bond acceptors (Lipinski definition) is 3. The lowest BCUT2D eigenvalue weighted by atomic mass is 9.62. The lowest BCUT2D eigenvalue weighted by Gasteiger charge is -2.44. The molecule has 5 heteroatoms. The van der Waals surface area contributed by atoms with Gasteiger partial charge < -0.3 is 4.74 Å². The first-order valence-electron chi connectivity index (χ1n) is 9.37. The van der Waals surface area contributed by atoms with Crippen molar-refractivity contribution in [2.24, 2.45) is 21.1 Å². The maximum absolute atomic E-state index is 11.6. The van der Waals surface area contributed by atoms with Gasteiger partial charge in [0.2, 0.25) is 0 Å². The van der Waals surface area contributed by atoms with Crippen molar-refractivity contribution < 1.29 is 13.2 Å². The Labute approximate surface area is 148 Å². The highest BCUT2D eigenvalue weighted by molar-refractivity contribution is 7.91. The van der Waals surface area contributed by atoms with Crippen LogP contribution in [0.3, 0.4) is 0 Å². The van der Waals surface area contributed by atoms with Crippen molar-refractivity contribution in [2.45, 2.75) is 97.8 Å². The fourth-order valence-electron chi connectivity index (χ4n) is 5.42. The van der Waals surface area contributed by atoms with Gasteiger partial charge in [-0.3, -0.25) is 0 Å². The van der Waals surface area contributed by atoms with Crippen molar-refractivity contribution in [1.29, 1.82) is 0 Å². The van der Waals surface area contributed by atoms with Crippen LogP contribution in [0.5, 0.6) is 0 Å². The van der Waals surface area contributed by atoms with E-state index < -0.39 is 10.0 Å². The lowest BCUT2D eigenvalue weighted by Crippen LogP contribution is -2.42. The first-order chi connectivity index (χ1) is 10.9. The molecule has 0 aromatic heterocycles. The zero-order valence-corrected chi connectivity index (χ0v) is 17.1. The minimum atomic E-state index is -3.27. The molecule has 2 fully saturated rings. The van der Waals surface area contributed by atoms with Crippen LogP contribution in [-0.2, 0) is 14.8 Å². The fourth-order valence-corrected chi connectivity index (χ4v) is 7.00. The molecule has 0 amide bonds. The predicted octanol–water partition coefficient (Wildman–Crippen LogP) is 4.93. The Kier molecular flexibility index (Phi) is 5.73. The van der Waals surface area contributed by atoms with Gasteiger partial charge in [-0.2, -0.15) is 0 Å². The molecular weight excluding hydrogens is 322 g/mol. The van der Waals surface area contributed by atoms with Crippen LogP contribution in [0.25, 0.3) is 0 Å². The Morgan fingerprint density at radius 3 is 2.12 bits per heavy atom. The summed E-state index contributed by atoms with van der Waals surface area (Å²) in [6.07, 6.45) is 7.65. The van der Waals surface area contributed by atoms with Crippen molar-refractivity contribution in [3.8, 4) is 0 Å². The third kappa shape index (κ3) is 5.21. The van der Waals surface area contributed by atoms with Gasteiger partial charge in [-0.15, -0.1) is 4.40 Å². The summed E-state index contributed by atoms with van der Waals surface area (Å²) < 4.78 is 32.1. The van der Waals surface area contributed by atoms with Crippen LogP contribution in [0.4, 0.5) is 0 Å². The summed E-state index contributed by atoms with van der Waals surface area (Å²) in [6.45, 7) is 13.6. The molecule has 2 unspecified atom stereocenters. The number of ether oxygens (including phenoxy) is 1. The summed E-state index contributed by atoms with van der Waals surface area (Å²) in [6, 6.07) is 0. The van der Waals surface area contributed by atoms with E-state index in [1.54, 1.807) is 6.92 Å². The zero-order valence-electron chi connectivity index (χ0n) is 16.3. The molecule has 2 atom stereocenters. The summed E-state index contributed by atoms with van der Waals surface area (Å²) in [7, 11) is -3.27. The molecular formula is C19H35NO3S. The molecule has 0 saturated heterocycles. The number of nitrogens with zero attached hydrogens (tertiary/aromatic N) is 1. The first-order valence-corrected chi connectivity index (χ1v) is 10.9. The van der Waals surface area contributed by atoms with Crippen LogP contribution in [0, 0.1) is 16.7 Å². The molecule has 2 saturated carbocycles. The highest BCUT2D eigenvalue weighted by atomic mass is 32.2. The van der Waals surface area contributed by atoms with Crippen LogP contribution in [0.2, 0.25) is 0 Å². The van der Waals surface area contributed by atoms with E-state index in [9.17, 15) is 8.42 Å². The standard InChI is InChI=1S/C11H22.C8H13NO3S/c1-9-6-10(2,3)8-11(4,5)7-9;1-6-9-13(10,11)8-5-3-2-4-7(8)12-6/h9H,6-8H2,1-5H3;7-8H,2-5H2,1H3. The van der Waals surface area contributed by atoms with Gasteiger partial charge in [0.15, 0.2) is 5.90 Å². The molecule has 1 aliphatic heterocycles. The number of fused-ring (bicyclic) bond motifs is 1. The van der Waals surface area contributed by atoms with Crippen molar-refractivity contribution in [3.05, 3.63) is 0 Å². The SMILES string of the molecule is CC1=NS(=O)(=O)C2CCCCC2O1.CC1CC(C)(C)CC(C)(C)C1. The summed E-state index contributed by atoms with van der Waals surface area (Å²) in [4.78, 5) is 0. The number of hydrogen-bond donors (Lipinski definition) is 0. The van der Waals surface area contributed by atoms with Gasteiger partial charge in [-0.1, -0.05) is 41.0 Å². The van der Waals surface area contributed by atoms with Gasteiger partial charge in [-0.25, -0.2) is 8.42 Å². The first kappa shape index (κ1) is 19.7. The van der Waals surface area contributed by atoms with Crippen LogP contribution < -0.4 is 0 Å². The maximum atomic E-state index is 11.6. The summed E-state index contributed by atoms with van der Waals surface area (Å²) in [5, 5.41) is -0.384. The van der Waals surface area contributed by atoms with Gasteiger partial charge in [0.1, 0.15) is 11.4 Å². The molecule has 140 valence electrons. The molecule has 3 rings (SSSR count). The van der Waals surface area contributed by atoms with Crippen molar-refractivity contribution in [3.63, 3.8) is 0 Å². The molecule has 3 aliphatic rings. The van der Waals surface area contributed by atoms with Gasteiger partial charge in [0.25, 0.3) is 10.0 Å². The van der Waals surface area contributed by atoms with E-state index in [1.807, 2.05) is 0 Å². The highest BCUT2D eigenvalue weighted by Crippen LogP contribution is 2.47. The van der Waals surface area contributed by atoms with Crippen molar-refractivity contribution in [2.75, 3.05) is 0 Å². The van der Waals surface area contributed by atoms with Gasteiger partial charge in [-0.05, 0) is 55.3 Å². The smallest absolute Gasteiger partial charge is 0.262 e. The second kappa shape index (κ2) is 6.97. The molecule has 4 nitrogen and oxygen atoms in total. The molecule has 0 bridgehead atoms. The van der Waals surface area contributed by atoms with Crippen LogP contribution in [0.15, 0.2) is 4.40 Å². The monoisotopic (exact) mass is 357 g/mol. The summed E-state index contributed by atoms with van der Waals surface area (Å²) in [5.41, 5.74) is 1.17. The Hall–Kier alpha value is -0.580. The van der Waals surface area contributed by atoms with E-state index in [-0.39, 0.29) is 11.4 Å². The quantitative estimate of drug-likeness (QED) is 0.617. The normalized spacial score (nSPS) is 34.0. The Morgan fingerprint density at radius 1 is 1.04 bits per heavy atom. The largest absolute Gasteiger partial charge is 0.476 e. The van der Waals surface area contributed by atoms with E-state index in [4.69, 9.17) is 4.74 Å². The lowest BCUT2D eigenvalue weighted by molar-refractivity contribution is 0.0754. The molecule has 0 aromatic carbocycles. The van der Waals surface area contributed by atoms with Gasteiger partial charge in [0.05, 0.1) is 0 Å². The van der Waals surface area contributed by atoms with E-state index in [2.05, 4.69) is 39.0 Å². The molecule has 24 heavy (non-hydrogen) atoms. The summed E-state index contributed by atoms with van der Waals surface area (Å²) >= 11 is 0. The van der Waals surface area contributed by atoms with E-state index in [0.29, 0.717) is 23.1 Å². The second-order valence-corrected chi connectivity index (χ2v) is 11.4. The van der Waals surface area contributed by atoms with E-state index in [0.717, 1.165) is 25.2 Å². The molecule has 1 heterocycles. The molecule has 2 aliphatic carbocycles. The van der Waals surface area contributed by atoms with E-state index in [1.165, 1.54) is 19.3 Å². The van der Waals surface area contributed by atoms with Gasteiger partial charge in [0, 0.05) is 6.92 Å². The molecule has 0 radical (unpaired) electrons. The van der Waals surface area contributed by atoms with Crippen LogP contribution in [-0.4, -0.2) is 25.7 Å². The maximum Gasteiger partial charge on any atom is 0.262 e. The Bertz CT molecular complexity index is 561. The predicted molar refractivity (Wildman–Crippen MR) is 99.7 cm³/mol. The minimum Gasteiger partial charge on any atom is -0.476 e. The number of rotatable bonds is 0. The topological polar surface area (TPSA) is 55.7 Å². The third-order valence-corrected chi connectivity index (χ3v) is 7.18. The molecule has 0 N–H and O–H groups in total. The van der Waals surface area contributed by atoms with Crippen molar-refractivity contribution in [1.82, 2.24) is 0 Å². The van der Waals surface area contributed by atoms with E-state index >= 15 is 0 Å². The number of sulfonamides is 1. The van der Waals surface area contributed by atoms with Crippen LogP contribution >= 0.6 is 0 Å². The van der Waals surface area contributed by atoms with Gasteiger partial charge >= 0.3 is 0 Å². The van der Waals surface area contributed by atoms with Crippen molar-refractivity contribution >= 4 is 15.9 Å². The average Bonchev–Trinajstić information content (AvgIpc) is 2.33. The molecule has 0 aromatic rings. The Balaban J connectivity index is 0.000000177. The second-order valence-electron chi connectivity index (χ2n) is 9.62. The minimum absolute atomic E-state index is 0.142. The zero-order chi connectivity index (χ0) is 18.2. The average molecular weight is 358 g/mol.